The number of ether oxygens (including phenoxy) is 1. The molecule has 2 aromatic rings. The lowest BCUT2D eigenvalue weighted by molar-refractivity contribution is -0.384. The Kier molecular flexibility index (Phi) is 3.71. The Bertz CT molecular complexity index is 768. The number of non-ortho nitro benzene ring substituents is 1. The number of nitro groups is 1. The summed E-state index contributed by atoms with van der Waals surface area (Å²) in [6.45, 7) is 1.67. The number of esters is 1. The van der Waals surface area contributed by atoms with Crippen LogP contribution < -0.4 is 5.56 Å². The first kappa shape index (κ1) is 14.0. The normalized spacial score (nSPS) is 10.5. The highest BCUT2D eigenvalue weighted by molar-refractivity contribution is 6.38. The van der Waals surface area contributed by atoms with Crippen molar-refractivity contribution < 1.29 is 14.5 Å². The molecule has 20 heavy (non-hydrogen) atoms. The van der Waals surface area contributed by atoms with Gasteiger partial charge in [0.25, 0.3) is 11.2 Å². The van der Waals surface area contributed by atoms with Crippen LogP contribution in [0.5, 0.6) is 0 Å². The number of aromatic nitrogens is 1. The van der Waals surface area contributed by atoms with Gasteiger partial charge in [-0.2, -0.15) is 0 Å². The molecule has 0 saturated heterocycles. The minimum atomic E-state index is -0.868. The molecule has 0 amide bonds. The summed E-state index contributed by atoms with van der Waals surface area (Å²) in [5, 5.41) is 10.8. The van der Waals surface area contributed by atoms with Crippen LogP contribution in [0.1, 0.15) is 17.3 Å². The third kappa shape index (κ3) is 2.35. The summed E-state index contributed by atoms with van der Waals surface area (Å²) in [7, 11) is 0. The number of nitrogens with zero attached hydrogens (tertiary/aromatic N) is 1. The van der Waals surface area contributed by atoms with Crippen molar-refractivity contribution in [2.75, 3.05) is 6.61 Å². The molecule has 0 bridgehead atoms. The van der Waals surface area contributed by atoms with Crippen LogP contribution in [0.2, 0.25) is 5.02 Å². The highest BCUT2D eigenvalue weighted by Crippen LogP contribution is 2.27. The van der Waals surface area contributed by atoms with E-state index in [1.165, 1.54) is 18.2 Å². The molecule has 1 aromatic carbocycles. The van der Waals surface area contributed by atoms with E-state index in [1.54, 1.807) is 6.92 Å². The van der Waals surface area contributed by atoms with Crippen LogP contribution in [0.3, 0.4) is 0 Å². The largest absolute Gasteiger partial charge is 0.462 e. The number of carbonyl (C=O) groups excluding carboxylic acids is 1. The minimum Gasteiger partial charge on any atom is -0.462 e. The van der Waals surface area contributed by atoms with E-state index in [9.17, 15) is 19.7 Å². The predicted molar refractivity (Wildman–Crippen MR) is 72.2 cm³/mol. The van der Waals surface area contributed by atoms with E-state index in [4.69, 9.17) is 16.3 Å². The van der Waals surface area contributed by atoms with Crippen LogP contribution in [0, 0.1) is 10.1 Å². The maximum atomic E-state index is 11.8. The highest BCUT2D eigenvalue weighted by atomic mass is 35.5. The van der Waals surface area contributed by atoms with Gasteiger partial charge in [0.1, 0.15) is 5.56 Å². The number of aromatic amines is 1. The van der Waals surface area contributed by atoms with Gasteiger partial charge in [0.15, 0.2) is 0 Å². The SMILES string of the molecule is CCOC(=O)c1c(Cl)c2cc([N+](=O)[O-])ccc2[nH]c1=O. The van der Waals surface area contributed by atoms with Crippen molar-refractivity contribution in [3.05, 3.63) is 49.3 Å². The van der Waals surface area contributed by atoms with Crippen molar-refractivity contribution in [2.45, 2.75) is 6.92 Å². The Hall–Kier alpha value is -2.41. The zero-order valence-corrected chi connectivity index (χ0v) is 11.1. The summed E-state index contributed by atoms with van der Waals surface area (Å²) in [5.41, 5.74) is -0.948. The Morgan fingerprint density at radius 1 is 1.50 bits per heavy atom. The first-order valence-electron chi connectivity index (χ1n) is 5.62. The third-order valence-electron chi connectivity index (χ3n) is 2.62. The number of carbonyl (C=O) groups is 1. The number of nitrogens with one attached hydrogen (secondary N) is 1. The zero-order valence-electron chi connectivity index (χ0n) is 10.3. The average Bonchev–Trinajstić information content (AvgIpc) is 2.38. The highest BCUT2D eigenvalue weighted by Gasteiger charge is 2.20. The van der Waals surface area contributed by atoms with E-state index >= 15 is 0 Å². The molecule has 0 saturated carbocycles. The van der Waals surface area contributed by atoms with E-state index in [1.807, 2.05) is 0 Å². The molecular formula is C12H9ClN2O5. The van der Waals surface area contributed by atoms with Gasteiger partial charge in [-0.3, -0.25) is 14.9 Å². The summed E-state index contributed by atoms with van der Waals surface area (Å²) in [6.07, 6.45) is 0. The van der Waals surface area contributed by atoms with E-state index in [0.717, 1.165) is 0 Å². The molecule has 0 radical (unpaired) electrons. The number of hydrogen-bond donors (Lipinski definition) is 1. The molecule has 104 valence electrons. The number of halogens is 1. The standard InChI is InChI=1S/C12H9ClN2O5/c1-2-20-12(17)9-10(13)7-5-6(15(18)19)3-4-8(7)14-11(9)16/h3-5H,2H2,1H3,(H,14,16). The number of pyridine rings is 1. The van der Waals surface area contributed by atoms with Gasteiger partial charge in [-0.05, 0) is 13.0 Å². The van der Waals surface area contributed by atoms with Gasteiger partial charge >= 0.3 is 5.97 Å². The molecular weight excluding hydrogens is 288 g/mol. The van der Waals surface area contributed by atoms with Crippen molar-refractivity contribution >= 4 is 34.2 Å². The van der Waals surface area contributed by atoms with Crippen molar-refractivity contribution in [1.82, 2.24) is 4.98 Å². The first-order chi connectivity index (χ1) is 9.45. The molecule has 2 rings (SSSR count). The molecule has 1 N–H and O–H groups in total. The van der Waals surface area contributed by atoms with Gasteiger partial charge in [0.05, 0.1) is 22.1 Å². The summed E-state index contributed by atoms with van der Waals surface area (Å²) >= 11 is 6.01. The smallest absolute Gasteiger partial charge is 0.345 e. The number of nitro benzene ring substituents is 1. The van der Waals surface area contributed by atoms with Gasteiger partial charge in [-0.15, -0.1) is 0 Å². The Morgan fingerprint density at radius 2 is 2.20 bits per heavy atom. The Labute approximate surface area is 117 Å². The molecule has 0 aliphatic carbocycles. The van der Waals surface area contributed by atoms with E-state index in [2.05, 4.69) is 4.98 Å². The molecule has 0 unspecified atom stereocenters. The second-order valence-corrected chi connectivity index (χ2v) is 4.23. The van der Waals surface area contributed by atoms with Crippen LogP contribution >= 0.6 is 11.6 Å². The lowest BCUT2D eigenvalue weighted by atomic mass is 10.1. The van der Waals surface area contributed by atoms with Gasteiger partial charge in [-0.25, -0.2) is 4.79 Å². The maximum absolute atomic E-state index is 11.8. The van der Waals surface area contributed by atoms with Crippen molar-refractivity contribution in [3.63, 3.8) is 0 Å². The third-order valence-corrected chi connectivity index (χ3v) is 3.02. The van der Waals surface area contributed by atoms with Gasteiger partial charge in [0.2, 0.25) is 0 Å². The van der Waals surface area contributed by atoms with Crippen LogP contribution in [0.15, 0.2) is 23.0 Å². The summed E-state index contributed by atoms with van der Waals surface area (Å²) in [5.74, 6) is -0.868. The fraction of sp³-hybridized carbons (Fsp3) is 0.167. The molecule has 0 aliphatic heterocycles. The number of fused-ring (bicyclic) bond motifs is 1. The number of hydrogen-bond acceptors (Lipinski definition) is 5. The second kappa shape index (κ2) is 5.30. The topological polar surface area (TPSA) is 102 Å². The maximum Gasteiger partial charge on any atom is 0.345 e. The lowest BCUT2D eigenvalue weighted by Crippen LogP contribution is -2.20. The van der Waals surface area contributed by atoms with E-state index in [0.29, 0.717) is 5.52 Å². The van der Waals surface area contributed by atoms with Crippen LogP contribution in [-0.4, -0.2) is 22.5 Å². The van der Waals surface area contributed by atoms with Crippen LogP contribution in [0.4, 0.5) is 5.69 Å². The molecule has 0 spiro atoms. The summed E-state index contributed by atoms with van der Waals surface area (Å²) < 4.78 is 4.74. The molecule has 1 heterocycles. The zero-order chi connectivity index (χ0) is 14.9. The van der Waals surface area contributed by atoms with E-state index < -0.39 is 16.5 Å². The molecule has 7 nitrogen and oxygen atoms in total. The minimum absolute atomic E-state index is 0.0849. The summed E-state index contributed by atoms with van der Waals surface area (Å²) in [6, 6.07) is 3.78. The van der Waals surface area contributed by atoms with Gasteiger partial charge in [0, 0.05) is 17.5 Å². The van der Waals surface area contributed by atoms with Crippen LogP contribution in [0.25, 0.3) is 10.9 Å². The monoisotopic (exact) mass is 296 g/mol. The molecule has 0 atom stereocenters. The summed E-state index contributed by atoms with van der Waals surface area (Å²) in [4.78, 5) is 36.1. The number of rotatable bonds is 3. The molecule has 0 aliphatic rings. The lowest BCUT2D eigenvalue weighted by Gasteiger charge is -2.06. The predicted octanol–water partition coefficient (Wildman–Crippen LogP) is 2.27. The van der Waals surface area contributed by atoms with Gasteiger partial charge < -0.3 is 9.72 Å². The molecule has 0 fully saturated rings. The fourth-order valence-corrected chi connectivity index (χ4v) is 2.06. The van der Waals surface area contributed by atoms with Crippen molar-refractivity contribution in [2.24, 2.45) is 0 Å². The fourth-order valence-electron chi connectivity index (χ4n) is 1.74. The van der Waals surface area contributed by atoms with Crippen LogP contribution in [-0.2, 0) is 4.74 Å². The van der Waals surface area contributed by atoms with E-state index in [-0.39, 0.29) is 28.3 Å². The Morgan fingerprint density at radius 3 is 2.80 bits per heavy atom. The Balaban J connectivity index is 2.75. The first-order valence-corrected chi connectivity index (χ1v) is 6.00. The van der Waals surface area contributed by atoms with Gasteiger partial charge in [-0.1, -0.05) is 11.6 Å². The quantitative estimate of drug-likeness (QED) is 0.531. The number of H-pyrrole nitrogens is 1. The van der Waals surface area contributed by atoms with Crippen molar-refractivity contribution in [1.29, 1.82) is 0 Å². The van der Waals surface area contributed by atoms with Crippen molar-refractivity contribution in [3.8, 4) is 0 Å². The molecule has 8 heteroatoms. The average molecular weight is 297 g/mol. The second-order valence-electron chi connectivity index (χ2n) is 3.85. The molecule has 1 aromatic heterocycles. The number of benzene rings is 1.